The highest BCUT2D eigenvalue weighted by molar-refractivity contribution is 6.07. The summed E-state index contributed by atoms with van der Waals surface area (Å²) in [6.07, 6.45) is 13.9. The first-order chi connectivity index (χ1) is 12.1. The van der Waals surface area contributed by atoms with Gasteiger partial charge in [-0.05, 0) is 54.5 Å². The van der Waals surface area contributed by atoms with Crippen LogP contribution in [0.3, 0.4) is 0 Å². The SMILES string of the molecule is C=C/C(=C\C)C1=CN=C2C(CCC(=O)c3cccnc3)=CC(C)CC12. The predicted octanol–water partition coefficient (Wildman–Crippen LogP) is 5.10. The summed E-state index contributed by atoms with van der Waals surface area (Å²) in [5.74, 6) is 0.945. The molecule has 1 aliphatic carbocycles. The minimum absolute atomic E-state index is 0.135. The Labute approximate surface area is 149 Å². The minimum Gasteiger partial charge on any atom is -0.294 e. The lowest BCUT2D eigenvalue weighted by atomic mass is 9.76. The van der Waals surface area contributed by atoms with Crippen molar-refractivity contribution in [1.82, 2.24) is 4.98 Å². The lowest BCUT2D eigenvalue weighted by Crippen LogP contribution is -2.24. The molecule has 0 saturated heterocycles. The number of ketones is 1. The number of carbonyl (C=O) groups is 1. The Hall–Kier alpha value is -2.55. The van der Waals surface area contributed by atoms with E-state index in [0.717, 1.165) is 24.1 Å². The number of hydrogen-bond acceptors (Lipinski definition) is 3. The maximum atomic E-state index is 12.4. The van der Waals surface area contributed by atoms with Gasteiger partial charge in [0.1, 0.15) is 0 Å². The van der Waals surface area contributed by atoms with E-state index >= 15 is 0 Å². The van der Waals surface area contributed by atoms with Crippen LogP contribution in [0.1, 0.15) is 43.5 Å². The smallest absolute Gasteiger partial charge is 0.164 e. The van der Waals surface area contributed by atoms with Crippen LogP contribution in [0.15, 0.2) is 77.2 Å². The van der Waals surface area contributed by atoms with Gasteiger partial charge in [-0.15, -0.1) is 0 Å². The van der Waals surface area contributed by atoms with Crippen LogP contribution in [0.5, 0.6) is 0 Å². The van der Waals surface area contributed by atoms with Crippen LogP contribution in [-0.2, 0) is 0 Å². The standard InChI is InChI=1S/C22H24N2O/c1-4-16(5-2)20-14-24-22-17(11-15(3)12-19(20)22)8-9-21(25)18-7-6-10-23-13-18/h4-7,10-11,13-15,19H,1,8-9,12H2,2-3H3/b16-5+. The van der Waals surface area contributed by atoms with E-state index in [2.05, 4.69) is 30.6 Å². The highest BCUT2D eigenvalue weighted by Gasteiger charge is 2.33. The number of Topliss-reactive ketones (excluding diaryl/α,β-unsaturated/α-hetero) is 1. The van der Waals surface area contributed by atoms with Gasteiger partial charge in [0.15, 0.2) is 5.78 Å². The molecule has 2 atom stereocenters. The zero-order valence-electron chi connectivity index (χ0n) is 14.9. The number of aromatic nitrogens is 1. The molecule has 0 radical (unpaired) electrons. The molecule has 2 unspecified atom stereocenters. The number of fused-ring (bicyclic) bond motifs is 1. The van der Waals surface area contributed by atoms with Crippen LogP contribution in [-0.4, -0.2) is 16.5 Å². The second-order valence-corrected chi connectivity index (χ2v) is 6.67. The molecule has 2 heterocycles. The van der Waals surface area contributed by atoms with E-state index in [4.69, 9.17) is 4.99 Å². The number of rotatable bonds is 6. The Bertz CT molecular complexity index is 797. The zero-order valence-corrected chi connectivity index (χ0v) is 14.9. The van der Waals surface area contributed by atoms with Crippen molar-refractivity contribution in [3.8, 4) is 0 Å². The second kappa shape index (κ2) is 7.56. The van der Waals surface area contributed by atoms with Crippen LogP contribution >= 0.6 is 0 Å². The molecule has 3 heteroatoms. The molecule has 3 rings (SSSR count). The summed E-state index contributed by atoms with van der Waals surface area (Å²) < 4.78 is 0. The predicted molar refractivity (Wildman–Crippen MR) is 103 cm³/mol. The number of aliphatic imine (C=N–C) groups is 1. The van der Waals surface area contributed by atoms with Crippen molar-refractivity contribution in [2.24, 2.45) is 16.8 Å². The van der Waals surface area contributed by atoms with Gasteiger partial charge in [-0.3, -0.25) is 14.8 Å². The molecule has 2 aliphatic rings. The molecule has 0 spiro atoms. The molecular formula is C22H24N2O. The fourth-order valence-electron chi connectivity index (χ4n) is 3.69. The van der Waals surface area contributed by atoms with E-state index in [1.807, 2.05) is 25.3 Å². The van der Waals surface area contributed by atoms with Gasteiger partial charge in [0.2, 0.25) is 0 Å². The highest BCUT2D eigenvalue weighted by Crippen LogP contribution is 2.39. The van der Waals surface area contributed by atoms with Gasteiger partial charge in [0.25, 0.3) is 0 Å². The van der Waals surface area contributed by atoms with Gasteiger partial charge in [0.05, 0.1) is 5.71 Å². The molecule has 0 aromatic carbocycles. The van der Waals surface area contributed by atoms with Crippen LogP contribution in [0, 0.1) is 11.8 Å². The molecule has 1 aromatic rings. The maximum absolute atomic E-state index is 12.4. The minimum atomic E-state index is 0.135. The van der Waals surface area contributed by atoms with Crippen molar-refractivity contribution in [3.05, 3.63) is 77.8 Å². The van der Waals surface area contributed by atoms with Crippen LogP contribution in [0.25, 0.3) is 0 Å². The van der Waals surface area contributed by atoms with Crippen molar-refractivity contribution in [1.29, 1.82) is 0 Å². The quantitative estimate of drug-likeness (QED) is 0.537. The summed E-state index contributed by atoms with van der Waals surface area (Å²) in [7, 11) is 0. The average Bonchev–Trinajstić information content (AvgIpc) is 3.05. The van der Waals surface area contributed by atoms with Gasteiger partial charge in [-0.25, -0.2) is 0 Å². The largest absolute Gasteiger partial charge is 0.294 e. The number of pyridine rings is 1. The Kier molecular flexibility index (Phi) is 5.22. The molecule has 3 nitrogen and oxygen atoms in total. The first-order valence-electron chi connectivity index (χ1n) is 8.85. The average molecular weight is 332 g/mol. The van der Waals surface area contributed by atoms with Gasteiger partial charge < -0.3 is 0 Å². The third kappa shape index (κ3) is 3.60. The molecule has 128 valence electrons. The second-order valence-electron chi connectivity index (χ2n) is 6.67. The van der Waals surface area contributed by atoms with E-state index in [0.29, 0.717) is 23.8 Å². The normalized spacial score (nSPS) is 22.6. The summed E-state index contributed by atoms with van der Waals surface area (Å²) in [5.41, 5.74) is 5.44. The van der Waals surface area contributed by atoms with Crippen LogP contribution in [0.4, 0.5) is 0 Å². The monoisotopic (exact) mass is 332 g/mol. The Balaban J connectivity index is 1.73. The number of allylic oxidation sites excluding steroid dienone is 6. The lowest BCUT2D eigenvalue weighted by molar-refractivity contribution is 0.0983. The van der Waals surface area contributed by atoms with Crippen molar-refractivity contribution in [2.75, 3.05) is 0 Å². The van der Waals surface area contributed by atoms with Gasteiger partial charge in [0, 0.05) is 36.5 Å². The molecule has 25 heavy (non-hydrogen) atoms. The topological polar surface area (TPSA) is 42.3 Å². The molecule has 0 N–H and O–H groups in total. The molecular weight excluding hydrogens is 308 g/mol. The summed E-state index contributed by atoms with van der Waals surface area (Å²) in [5, 5.41) is 0. The van der Waals surface area contributed by atoms with Crippen LogP contribution < -0.4 is 0 Å². The van der Waals surface area contributed by atoms with E-state index in [1.54, 1.807) is 18.5 Å². The third-order valence-electron chi connectivity index (χ3n) is 4.94. The van der Waals surface area contributed by atoms with Gasteiger partial charge >= 0.3 is 0 Å². The maximum Gasteiger partial charge on any atom is 0.164 e. The van der Waals surface area contributed by atoms with E-state index < -0.39 is 0 Å². The van der Waals surface area contributed by atoms with Crippen LogP contribution in [0.2, 0.25) is 0 Å². The zero-order chi connectivity index (χ0) is 17.8. The van der Waals surface area contributed by atoms with Crippen molar-refractivity contribution in [2.45, 2.75) is 33.1 Å². The van der Waals surface area contributed by atoms with Gasteiger partial charge in [-0.2, -0.15) is 0 Å². The molecule has 1 aromatic heterocycles. The summed E-state index contributed by atoms with van der Waals surface area (Å²) in [6, 6.07) is 3.63. The Morgan fingerprint density at radius 1 is 1.44 bits per heavy atom. The lowest BCUT2D eigenvalue weighted by Gasteiger charge is -2.27. The molecule has 0 bridgehead atoms. The number of carbonyl (C=O) groups excluding carboxylic acids is 1. The Morgan fingerprint density at radius 3 is 2.96 bits per heavy atom. The Morgan fingerprint density at radius 2 is 2.28 bits per heavy atom. The number of nitrogens with zero attached hydrogens (tertiary/aromatic N) is 2. The van der Waals surface area contributed by atoms with E-state index in [1.165, 1.54) is 11.1 Å². The highest BCUT2D eigenvalue weighted by atomic mass is 16.1. The first kappa shape index (κ1) is 17.3. The summed E-state index contributed by atoms with van der Waals surface area (Å²) in [4.78, 5) is 21.1. The molecule has 1 aliphatic heterocycles. The van der Waals surface area contributed by atoms with Gasteiger partial charge in [-0.1, -0.05) is 31.7 Å². The fourth-order valence-corrected chi connectivity index (χ4v) is 3.69. The first-order valence-corrected chi connectivity index (χ1v) is 8.85. The molecule has 0 amide bonds. The van der Waals surface area contributed by atoms with Crippen molar-refractivity contribution >= 4 is 11.5 Å². The summed E-state index contributed by atoms with van der Waals surface area (Å²) >= 11 is 0. The van der Waals surface area contributed by atoms with Crippen molar-refractivity contribution < 1.29 is 4.79 Å². The summed E-state index contributed by atoms with van der Waals surface area (Å²) in [6.45, 7) is 8.19. The third-order valence-corrected chi connectivity index (χ3v) is 4.94. The van der Waals surface area contributed by atoms with E-state index in [9.17, 15) is 4.79 Å². The van der Waals surface area contributed by atoms with Crippen molar-refractivity contribution in [3.63, 3.8) is 0 Å². The number of hydrogen-bond donors (Lipinski definition) is 0. The fraction of sp³-hybridized carbons (Fsp3) is 0.318. The molecule has 0 saturated carbocycles. The molecule has 0 fully saturated rings. The van der Waals surface area contributed by atoms with E-state index in [-0.39, 0.29) is 5.78 Å².